The number of hydrogen-bond acceptors (Lipinski definition) is 6. The summed E-state index contributed by atoms with van der Waals surface area (Å²) in [6, 6.07) is 1.59. The zero-order valence-corrected chi connectivity index (χ0v) is 9.90. The Bertz CT molecular complexity index is 368. The molecule has 0 aliphatic rings. The second kappa shape index (κ2) is 6.48. The normalized spacial score (nSPS) is 9.59. The van der Waals surface area contributed by atoms with Crippen molar-refractivity contribution in [2.45, 2.75) is 0 Å². The van der Waals surface area contributed by atoms with E-state index in [4.69, 9.17) is 5.84 Å². The van der Waals surface area contributed by atoms with E-state index < -0.39 is 0 Å². The number of amides is 2. The summed E-state index contributed by atoms with van der Waals surface area (Å²) in [5, 5.41) is 5.76. The molecule has 0 unspecified atom stereocenters. The smallest absolute Gasteiger partial charge is 0.316 e. The van der Waals surface area contributed by atoms with E-state index in [9.17, 15) is 4.79 Å². The Labute approximate surface area is 99.6 Å². The van der Waals surface area contributed by atoms with Crippen molar-refractivity contribution < 1.29 is 4.79 Å². The number of nitrogen functional groups attached to an aromatic ring is 1. The van der Waals surface area contributed by atoms with Crippen molar-refractivity contribution in [3.8, 4) is 0 Å². The van der Waals surface area contributed by atoms with Gasteiger partial charge in [-0.2, -0.15) is 4.98 Å². The number of nitrogens with zero attached hydrogens (tertiary/aromatic N) is 3. The van der Waals surface area contributed by atoms with Crippen LogP contribution in [-0.4, -0.2) is 48.1 Å². The maximum absolute atomic E-state index is 11.2. The second-order valence-electron chi connectivity index (χ2n) is 3.46. The molecule has 0 saturated heterocycles. The van der Waals surface area contributed by atoms with Gasteiger partial charge in [0.1, 0.15) is 5.82 Å². The molecule has 17 heavy (non-hydrogen) atoms. The molecule has 0 atom stereocenters. The second-order valence-corrected chi connectivity index (χ2v) is 3.46. The minimum atomic E-state index is -0.126. The van der Waals surface area contributed by atoms with Gasteiger partial charge in [0.05, 0.1) is 0 Å². The Balaban J connectivity index is 2.28. The first-order chi connectivity index (χ1) is 8.13. The number of nitrogens with one attached hydrogen (secondary N) is 3. The van der Waals surface area contributed by atoms with Crippen LogP contribution in [0.5, 0.6) is 0 Å². The van der Waals surface area contributed by atoms with Gasteiger partial charge in [-0.3, -0.25) is 5.43 Å². The lowest BCUT2D eigenvalue weighted by Crippen LogP contribution is -2.37. The van der Waals surface area contributed by atoms with Crippen LogP contribution in [-0.2, 0) is 0 Å². The molecule has 0 aliphatic carbocycles. The maximum atomic E-state index is 11.2. The third-order valence-corrected chi connectivity index (χ3v) is 1.90. The van der Waals surface area contributed by atoms with Crippen molar-refractivity contribution in [1.29, 1.82) is 0 Å². The third kappa shape index (κ3) is 4.51. The van der Waals surface area contributed by atoms with Crippen LogP contribution in [0, 0.1) is 0 Å². The topological polar surface area (TPSA) is 108 Å². The molecule has 2 amide bonds. The van der Waals surface area contributed by atoms with Gasteiger partial charge >= 0.3 is 6.03 Å². The van der Waals surface area contributed by atoms with Gasteiger partial charge in [-0.25, -0.2) is 15.6 Å². The summed E-state index contributed by atoms with van der Waals surface area (Å²) in [6.07, 6.45) is 1.59. The standard InChI is InChI=1S/C9H17N7O/c1-16(2)9(17)13-6-5-11-7-3-4-12-8(14-7)15-10/h3-4H,5-6,10H2,1-2H3,(H,13,17)(H2,11,12,14,15). The van der Waals surface area contributed by atoms with Crippen molar-refractivity contribution in [1.82, 2.24) is 20.2 Å². The summed E-state index contributed by atoms with van der Waals surface area (Å²) in [4.78, 5) is 20.6. The summed E-state index contributed by atoms with van der Waals surface area (Å²) in [5.74, 6) is 6.17. The number of carbonyl (C=O) groups excluding carboxylic acids is 1. The van der Waals surface area contributed by atoms with Crippen molar-refractivity contribution in [3.63, 3.8) is 0 Å². The van der Waals surface area contributed by atoms with Gasteiger partial charge in [0.25, 0.3) is 0 Å². The first kappa shape index (κ1) is 13.0. The Morgan fingerprint density at radius 2 is 2.24 bits per heavy atom. The van der Waals surface area contributed by atoms with E-state index in [1.54, 1.807) is 26.4 Å². The molecule has 1 aromatic heterocycles. The fourth-order valence-electron chi connectivity index (χ4n) is 1.04. The number of rotatable bonds is 5. The van der Waals surface area contributed by atoms with E-state index in [1.807, 2.05) is 0 Å². The third-order valence-electron chi connectivity index (χ3n) is 1.90. The van der Waals surface area contributed by atoms with E-state index >= 15 is 0 Å². The molecule has 0 bridgehead atoms. The van der Waals surface area contributed by atoms with E-state index in [-0.39, 0.29) is 6.03 Å². The van der Waals surface area contributed by atoms with Crippen LogP contribution < -0.4 is 21.9 Å². The van der Waals surface area contributed by atoms with Crippen LogP contribution in [0.2, 0.25) is 0 Å². The Hall–Kier alpha value is -2.09. The average Bonchev–Trinajstić information content (AvgIpc) is 2.34. The molecule has 1 heterocycles. The van der Waals surface area contributed by atoms with Gasteiger partial charge in [-0.15, -0.1) is 0 Å². The Kier molecular flexibility index (Phi) is 4.95. The minimum Gasteiger partial charge on any atom is -0.368 e. The monoisotopic (exact) mass is 239 g/mol. The van der Waals surface area contributed by atoms with E-state index in [2.05, 4.69) is 26.0 Å². The highest BCUT2D eigenvalue weighted by Gasteiger charge is 2.01. The lowest BCUT2D eigenvalue weighted by Gasteiger charge is -2.12. The number of anilines is 2. The fourth-order valence-corrected chi connectivity index (χ4v) is 1.04. The first-order valence-corrected chi connectivity index (χ1v) is 5.12. The highest BCUT2D eigenvalue weighted by Crippen LogP contribution is 2.03. The van der Waals surface area contributed by atoms with Gasteiger partial charge in [-0.05, 0) is 6.07 Å². The van der Waals surface area contributed by atoms with Crippen LogP contribution in [0.3, 0.4) is 0 Å². The van der Waals surface area contributed by atoms with Crippen molar-refractivity contribution >= 4 is 17.8 Å². The summed E-state index contributed by atoms with van der Waals surface area (Å²) in [6.45, 7) is 1.08. The molecule has 0 radical (unpaired) electrons. The highest BCUT2D eigenvalue weighted by atomic mass is 16.2. The zero-order valence-electron chi connectivity index (χ0n) is 9.90. The van der Waals surface area contributed by atoms with Crippen LogP contribution >= 0.6 is 0 Å². The van der Waals surface area contributed by atoms with E-state index in [0.29, 0.717) is 24.9 Å². The zero-order chi connectivity index (χ0) is 12.7. The predicted octanol–water partition coefficient (Wildman–Crippen LogP) is -0.555. The van der Waals surface area contributed by atoms with Gasteiger partial charge in [0.2, 0.25) is 5.95 Å². The predicted molar refractivity (Wildman–Crippen MR) is 65.4 cm³/mol. The van der Waals surface area contributed by atoms with Gasteiger partial charge in [0, 0.05) is 33.4 Å². The molecule has 5 N–H and O–H groups in total. The molecule has 0 aromatic carbocycles. The summed E-state index contributed by atoms with van der Waals surface area (Å²) < 4.78 is 0. The van der Waals surface area contributed by atoms with Gasteiger partial charge in [0.15, 0.2) is 0 Å². The molecule has 0 fully saturated rings. The fraction of sp³-hybridized carbons (Fsp3) is 0.444. The van der Waals surface area contributed by atoms with E-state index in [1.165, 1.54) is 4.90 Å². The molecule has 8 nitrogen and oxygen atoms in total. The maximum Gasteiger partial charge on any atom is 0.316 e. The van der Waals surface area contributed by atoms with E-state index in [0.717, 1.165) is 0 Å². The number of nitrogens with two attached hydrogens (primary N) is 1. The van der Waals surface area contributed by atoms with Crippen molar-refractivity contribution in [2.24, 2.45) is 5.84 Å². The van der Waals surface area contributed by atoms with Crippen LogP contribution in [0.15, 0.2) is 12.3 Å². The molecule has 0 saturated carbocycles. The van der Waals surface area contributed by atoms with Gasteiger partial charge < -0.3 is 15.5 Å². The van der Waals surface area contributed by atoms with Crippen LogP contribution in [0.25, 0.3) is 0 Å². The van der Waals surface area contributed by atoms with Crippen LogP contribution in [0.1, 0.15) is 0 Å². The SMILES string of the molecule is CN(C)C(=O)NCCNc1ccnc(NN)n1. The largest absolute Gasteiger partial charge is 0.368 e. The van der Waals surface area contributed by atoms with Crippen LogP contribution in [0.4, 0.5) is 16.6 Å². The molecular formula is C9H17N7O. The molecule has 0 aliphatic heterocycles. The number of hydrogen-bond donors (Lipinski definition) is 4. The lowest BCUT2D eigenvalue weighted by molar-refractivity contribution is 0.218. The van der Waals surface area contributed by atoms with Crippen molar-refractivity contribution in [3.05, 3.63) is 12.3 Å². The summed E-state index contributed by atoms with van der Waals surface area (Å²) in [7, 11) is 3.37. The Morgan fingerprint density at radius 1 is 1.47 bits per heavy atom. The molecule has 1 aromatic rings. The molecule has 1 rings (SSSR count). The minimum absolute atomic E-state index is 0.126. The quantitative estimate of drug-likeness (QED) is 0.312. The summed E-state index contributed by atoms with van der Waals surface area (Å²) >= 11 is 0. The Morgan fingerprint density at radius 3 is 2.88 bits per heavy atom. The number of aromatic nitrogens is 2. The molecule has 94 valence electrons. The molecule has 0 spiro atoms. The highest BCUT2D eigenvalue weighted by molar-refractivity contribution is 5.73. The summed E-state index contributed by atoms with van der Waals surface area (Å²) in [5.41, 5.74) is 2.35. The van der Waals surface area contributed by atoms with Gasteiger partial charge in [-0.1, -0.05) is 0 Å². The number of hydrazine groups is 1. The number of urea groups is 1. The first-order valence-electron chi connectivity index (χ1n) is 5.12. The van der Waals surface area contributed by atoms with Crippen molar-refractivity contribution in [2.75, 3.05) is 37.9 Å². The average molecular weight is 239 g/mol. The molecular weight excluding hydrogens is 222 g/mol. The molecule has 8 heteroatoms. The lowest BCUT2D eigenvalue weighted by atomic mass is 10.5. The number of carbonyl (C=O) groups is 1.